The van der Waals surface area contributed by atoms with Crippen LogP contribution in [0.15, 0.2) is 77.2 Å². The van der Waals surface area contributed by atoms with Gasteiger partial charge < -0.3 is 4.42 Å². The van der Waals surface area contributed by atoms with Gasteiger partial charge in [0.15, 0.2) is 10.9 Å². The Morgan fingerprint density at radius 1 is 0.647 bits per heavy atom. The number of oxazole rings is 1. The van der Waals surface area contributed by atoms with E-state index in [-0.39, 0.29) is 10.9 Å². The van der Waals surface area contributed by atoms with Crippen molar-refractivity contribution in [1.29, 1.82) is 0 Å². The van der Waals surface area contributed by atoms with Crippen molar-refractivity contribution in [3.05, 3.63) is 100 Å². The van der Waals surface area contributed by atoms with Gasteiger partial charge in [0.05, 0.1) is 0 Å². The van der Waals surface area contributed by atoms with E-state index in [2.05, 4.69) is 4.98 Å². The van der Waals surface area contributed by atoms with Crippen LogP contribution in [-0.2, 0) is 7.59 Å². The topological polar surface area (TPSA) is 26.0 Å². The van der Waals surface area contributed by atoms with Crippen molar-refractivity contribution in [2.75, 3.05) is 0 Å². The summed E-state index contributed by atoms with van der Waals surface area (Å²) < 4.78 is 2.47. The van der Waals surface area contributed by atoms with E-state index in [0.717, 1.165) is 16.7 Å². The van der Waals surface area contributed by atoms with Crippen molar-refractivity contribution in [2.24, 2.45) is 0 Å². The number of halogens is 7. The molecule has 0 aliphatic heterocycles. The predicted molar refractivity (Wildman–Crippen MR) is 146 cm³/mol. The molecule has 0 amide bonds. The van der Waals surface area contributed by atoms with Crippen LogP contribution in [-0.4, -0.2) is 4.98 Å². The molecule has 34 heavy (non-hydrogen) atoms. The zero-order valence-electron chi connectivity index (χ0n) is 17.1. The van der Waals surface area contributed by atoms with Gasteiger partial charge in [-0.3, -0.25) is 0 Å². The lowest BCUT2D eigenvalue weighted by Gasteiger charge is -2.18. The molecule has 0 unspecified atom stereocenters. The number of rotatable bonds is 4. The number of hydrogen-bond donors (Lipinski definition) is 0. The zero-order chi connectivity index (χ0) is 24.5. The summed E-state index contributed by atoms with van der Waals surface area (Å²) in [5.74, 6) is 0.588. The summed E-state index contributed by atoms with van der Waals surface area (Å²) >= 11 is 42.9. The minimum absolute atomic E-state index is 0.125. The Kier molecular flexibility index (Phi) is 7.81. The number of alkyl halides is 6. The Morgan fingerprint density at radius 3 is 1.71 bits per heavy atom. The number of aromatic nitrogens is 1. The molecule has 4 rings (SSSR count). The van der Waals surface area contributed by atoms with Crippen LogP contribution < -0.4 is 0 Å². The Morgan fingerprint density at radius 2 is 1.18 bits per heavy atom. The van der Waals surface area contributed by atoms with Gasteiger partial charge >= 0.3 is 0 Å². The maximum atomic E-state index is 6.40. The summed E-state index contributed by atoms with van der Waals surface area (Å²) in [4.78, 5) is 4.35. The predicted octanol–water partition coefficient (Wildman–Crippen LogP) is 10.5. The van der Waals surface area contributed by atoms with E-state index in [9.17, 15) is 0 Å². The Hall–Kier alpha value is -1.36. The minimum atomic E-state index is -1.75. The molecule has 2 nitrogen and oxygen atoms in total. The molecule has 0 N–H and O–H groups in total. The first-order chi connectivity index (χ1) is 16.0. The van der Waals surface area contributed by atoms with E-state index in [1.807, 2.05) is 66.7 Å². The van der Waals surface area contributed by atoms with Gasteiger partial charge in [0.2, 0.25) is 13.5 Å². The van der Waals surface area contributed by atoms with E-state index < -0.39 is 7.59 Å². The number of nitrogens with zero attached hydrogens (tertiary/aromatic N) is 1. The van der Waals surface area contributed by atoms with Gasteiger partial charge in [-0.05, 0) is 41.5 Å². The molecule has 0 aliphatic carbocycles. The van der Waals surface area contributed by atoms with E-state index in [0.29, 0.717) is 22.6 Å². The van der Waals surface area contributed by atoms with E-state index in [1.165, 1.54) is 6.07 Å². The molecule has 174 valence electrons. The summed E-state index contributed by atoms with van der Waals surface area (Å²) in [6.45, 7) is 0. The van der Waals surface area contributed by atoms with Crippen LogP contribution in [0.1, 0.15) is 22.3 Å². The standard InChI is InChI=1S/C25H14Cl7NO/c26-22-21(18-12-19(24(27,28)29)14-20(13-18)25(30,31)32)34-23(33-22)17-10-8-16(9-11-17)7-6-15-4-2-1-3-5-15/h1-14H. The largest absolute Gasteiger partial charge is 0.434 e. The van der Waals surface area contributed by atoms with Crippen molar-refractivity contribution >= 4 is 93.4 Å². The average Bonchev–Trinajstić information content (AvgIpc) is 3.19. The van der Waals surface area contributed by atoms with Crippen molar-refractivity contribution in [3.63, 3.8) is 0 Å². The fourth-order valence-corrected chi connectivity index (χ4v) is 4.06. The van der Waals surface area contributed by atoms with Gasteiger partial charge in [-0.1, -0.05) is 136 Å². The average molecular weight is 593 g/mol. The minimum Gasteiger partial charge on any atom is -0.434 e. The first-order valence-electron chi connectivity index (χ1n) is 9.80. The quantitative estimate of drug-likeness (QED) is 0.174. The van der Waals surface area contributed by atoms with E-state index in [1.54, 1.807) is 12.1 Å². The number of benzene rings is 3. The highest BCUT2D eigenvalue weighted by atomic mass is 35.6. The molecule has 9 heteroatoms. The molecule has 1 aromatic heterocycles. The molecule has 0 radical (unpaired) electrons. The van der Waals surface area contributed by atoms with Gasteiger partial charge in [0.25, 0.3) is 0 Å². The van der Waals surface area contributed by atoms with Crippen molar-refractivity contribution in [2.45, 2.75) is 7.59 Å². The fourth-order valence-electron chi connectivity index (χ4n) is 3.18. The molecule has 0 bridgehead atoms. The first kappa shape index (κ1) is 25.7. The SMILES string of the molecule is Clc1nc(-c2ccc(C=Cc3ccccc3)cc2)oc1-c1cc(C(Cl)(Cl)Cl)cc(C(Cl)(Cl)Cl)c1. The molecule has 0 fully saturated rings. The first-order valence-corrected chi connectivity index (χ1v) is 12.4. The molecule has 1 heterocycles. The van der Waals surface area contributed by atoms with Crippen LogP contribution in [0.2, 0.25) is 5.15 Å². The third-order valence-electron chi connectivity index (χ3n) is 4.86. The molecular weight excluding hydrogens is 578 g/mol. The second-order valence-electron chi connectivity index (χ2n) is 7.30. The van der Waals surface area contributed by atoms with Crippen LogP contribution in [0.4, 0.5) is 0 Å². The molecular formula is C25H14Cl7NO. The summed E-state index contributed by atoms with van der Waals surface area (Å²) in [6.07, 6.45) is 4.06. The van der Waals surface area contributed by atoms with Gasteiger partial charge in [0, 0.05) is 22.3 Å². The second-order valence-corrected chi connectivity index (χ2v) is 12.2. The molecule has 0 atom stereocenters. The Balaban J connectivity index is 1.66. The highest BCUT2D eigenvalue weighted by molar-refractivity contribution is 6.67. The highest BCUT2D eigenvalue weighted by Crippen LogP contribution is 2.46. The smallest absolute Gasteiger partial charge is 0.228 e. The third kappa shape index (κ3) is 6.25. The zero-order valence-corrected chi connectivity index (χ0v) is 22.4. The summed E-state index contributed by atoms with van der Waals surface area (Å²) in [6, 6.07) is 22.4. The second kappa shape index (κ2) is 10.3. The Labute approximate surface area is 232 Å². The van der Waals surface area contributed by atoms with Gasteiger partial charge in [-0.15, -0.1) is 0 Å². The van der Waals surface area contributed by atoms with Crippen LogP contribution >= 0.6 is 81.2 Å². The van der Waals surface area contributed by atoms with Gasteiger partial charge in [-0.25, -0.2) is 0 Å². The van der Waals surface area contributed by atoms with Gasteiger partial charge in [0.1, 0.15) is 0 Å². The van der Waals surface area contributed by atoms with E-state index in [4.69, 9.17) is 85.6 Å². The van der Waals surface area contributed by atoms with Crippen LogP contribution in [0.25, 0.3) is 34.9 Å². The summed E-state index contributed by atoms with van der Waals surface area (Å²) in [5.41, 5.74) is 3.91. The van der Waals surface area contributed by atoms with E-state index >= 15 is 0 Å². The lowest BCUT2D eigenvalue weighted by Crippen LogP contribution is -2.06. The molecule has 0 aliphatic rings. The highest BCUT2D eigenvalue weighted by Gasteiger charge is 2.30. The molecule has 0 saturated carbocycles. The normalized spacial score (nSPS) is 12.4. The van der Waals surface area contributed by atoms with Crippen molar-refractivity contribution in [3.8, 4) is 22.8 Å². The summed E-state index contributed by atoms with van der Waals surface area (Å²) in [7, 11) is 0. The molecule has 0 saturated heterocycles. The monoisotopic (exact) mass is 589 g/mol. The molecule has 3 aromatic carbocycles. The van der Waals surface area contributed by atoms with Gasteiger partial charge in [-0.2, -0.15) is 4.98 Å². The summed E-state index contributed by atoms with van der Waals surface area (Å²) in [5, 5.41) is 0.125. The molecule has 0 spiro atoms. The van der Waals surface area contributed by atoms with Crippen LogP contribution in [0.5, 0.6) is 0 Å². The third-order valence-corrected chi connectivity index (χ3v) is 6.43. The maximum absolute atomic E-state index is 6.40. The molecule has 4 aromatic rings. The lowest BCUT2D eigenvalue weighted by atomic mass is 10.1. The van der Waals surface area contributed by atoms with Crippen LogP contribution in [0.3, 0.4) is 0 Å². The Bertz CT molecular complexity index is 1290. The van der Waals surface area contributed by atoms with Crippen LogP contribution in [0, 0.1) is 0 Å². The number of hydrogen-bond acceptors (Lipinski definition) is 2. The maximum Gasteiger partial charge on any atom is 0.228 e. The van der Waals surface area contributed by atoms with Crippen molar-refractivity contribution in [1.82, 2.24) is 4.98 Å². The van der Waals surface area contributed by atoms with Crippen molar-refractivity contribution < 1.29 is 4.42 Å². The lowest BCUT2D eigenvalue weighted by molar-refractivity contribution is 0.588. The fraction of sp³-hybridized carbons (Fsp3) is 0.0800.